The Morgan fingerprint density at radius 2 is 0.643 bits per heavy atom. The molecule has 0 aromatic heterocycles. The van der Waals surface area contributed by atoms with Gasteiger partial charge in [0.1, 0.15) is 0 Å². The third kappa shape index (κ3) is 38.3. The van der Waals surface area contributed by atoms with Gasteiger partial charge in [0, 0.05) is 13.1 Å². The molecule has 0 atom stereocenters. The fourth-order valence-electron chi connectivity index (χ4n) is 1.48. The molecule has 154 valence electrons. The van der Waals surface area contributed by atoms with Gasteiger partial charge in [-0.05, 0) is 0 Å². The van der Waals surface area contributed by atoms with Crippen molar-refractivity contribution in [2.45, 2.75) is 0 Å². The average molecular weight is 460 g/mol. The summed E-state index contributed by atoms with van der Waals surface area (Å²) in [6.45, 7) is -2.25. The minimum absolute atomic E-state index is 0. The molecule has 0 aliphatic carbocycles. The molecule has 12 N–H and O–H groups in total. The summed E-state index contributed by atoms with van der Waals surface area (Å²) in [6.07, 6.45) is 0. The Kier molecular flexibility index (Phi) is 67.8. The first kappa shape index (κ1) is 57.1. The van der Waals surface area contributed by atoms with Gasteiger partial charge >= 0.3 is 142 Å². The molecule has 14 nitrogen and oxygen atoms in total. The monoisotopic (exact) mass is 460 g/mol. The maximum absolute atomic E-state index is 10.6. The van der Waals surface area contributed by atoms with E-state index >= 15 is 0 Å². The summed E-state index contributed by atoms with van der Waals surface area (Å²) in [5, 5.41) is 34.5. The summed E-state index contributed by atoms with van der Waals surface area (Å²) in [6, 6.07) is 0. The quantitative estimate of drug-likeness (QED) is 0.211. The van der Waals surface area contributed by atoms with Crippen LogP contribution >= 0.6 is 0 Å². The maximum atomic E-state index is 10.6. The summed E-state index contributed by atoms with van der Waals surface area (Å²) in [5.41, 5.74) is 0. The van der Waals surface area contributed by atoms with Gasteiger partial charge in [0.2, 0.25) is 0 Å². The molecule has 0 fully saturated rings. The van der Waals surface area contributed by atoms with E-state index in [1.165, 1.54) is 0 Å². The third-order valence-corrected chi connectivity index (χ3v) is 2.17. The molecule has 0 spiro atoms. The van der Waals surface area contributed by atoms with Crippen molar-refractivity contribution in [1.82, 2.24) is 9.80 Å². The first-order valence-corrected chi connectivity index (χ1v) is 5.52. The van der Waals surface area contributed by atoms with Crippen molar-refractivity contribution >= 4 is 23.9 Å². The van der Waals surface area contributed by atoms with Crippen molar-refractivity contribution in [3.05, 3.63) is 0 Å². The molecule has 0 unspecified atom stereocenters. The number of nitrogens with zero attached hydrogens (tertiary/aromatic N) is 2. The molecule has 0 radical (unpaired) electrons. The van der Waals surface area contributed by atoms with E-state index in [0.29, 0.717) is 0 Å². The molecule has 28 heavy (non-hydrogen) atoms. The van der Waals surface area contributed by atoms with Crippen LogP contribution in [0.25, 0.3) is 0 Å². The van der Waals surface area contributed by atoms with E-state index < -0.39 is 50.1 Å². The Labute approximate surface area is 255 Å². The van der Waals surface area contributed by atoms with E-state index in [9.17, 15) is 19.2 Å². The summed E-state index contributed by atoms with van der Waals surface area (Å²) >= 11 is 0. The van der Waals surface area contributed by atoms with Crippen LogP contribution in [0.2, 0.25) is 0 Å². The summed E-state index contributed by atoms with van der Waals surface area (Å²) in [4.78, 5) is 44.4. The van der Waals surface area contributed by atoms with Crippen LogP contribution in [-0.2, 0) is 19.2 Å². The van der Waals surface area contributed by atoms with E-state index in [0.717, 1.165) is 9.80 Å². The van der Waals surface area contributed by atoms with Gasteiger partial charge in [-0.3, -0.25) is 29.0 Å². The van der Waals surface area contributed by atoms with Crippen molar-refractivity contribution in [2.75, 3.05) is 39.3 Å². The molecule has 0 aliphatic heterocycles. The molecule has 0 aromatic carbocycles. The van der Waals surface area contributed by atoms with Crippen LogP contribution in [0.4, 0.5) is 0 Å². The molecular formula is C10H28N2Na4O12. The number of hydrogen-bond acceptors (Lipinski definition) is 6. The standard InChI is InChI=1S/C10H16N2O8.4Na.4H2O.4H/c13-7(14)3-11(4-8(15)16)1-2-12(5-9(17)18)6-10(19)20;;;;;;;;;;;;/h1-6H2,(H,13,14)(H,15,16)(H,17,18)(H,19,20);;;;;4*1H2;;;;/q;4*+1;;;;;4*-1. The van der Waals surface area contributed by atoms with Crippen LogP contribution in [0.1, 0.15) is 5.71 Å². The van der Waals surface area contributed by atoms with Gasteiger partial charge in [-0.1, -0.05) is 0 Å². The SMILES string of the molecule is O.O.O.O.O=C(O)CN(CCN(CC(=O)O)CC(=O)O)CC(=O)O.[H-].[H-].[H-].[H-].[Na+].[Na+].[Na+].[Na+]. The normalized spacial score (nSPS) is 7.64. The zero-order valence-corrected chi connectivity index (χ0v) is 24.6. The van der Waals surface area contributed by atoms with Crippen molar-refractivity contribution < 1.29 is 185 Å². The second kappa shape index (κ2) is 33.3. The van der Waals surface area contributed by atoms with Crippen LogP contribution in [0.15, 0.2) is 0 Å². The van der Waals surface area contributed by atoms with Gasteiger partial charge in [-0.25, -0.2) is 0 Å². The van der Waals surface area contributed by atoms with Crippen molar-refractivity contribution in [3.8, 4) is 0 Å². The minimum atomic E-state index is -1.23. The van der Waals surface area contributed by atoms with Crippen LogP contribution in [0.3, 0.4) is 0 Å². The van der Waals surface area contributed by atoms with Gasteiger partial charge in [0.25, 0.3) is 0 Å². The Morgan fingerprint density at radius 3 is 0.750 bits per heavy atom. The van der Waals surface area contributed by atoms with E-state index in [1.54, 1.807) is 0 Å². The molecule has 0 saturated carbocycles. The minimum Gasteiger partial charge on any atom is -1.00 e. The van der Waals surface area contributed by atoms with Crippen molar-refractivity contribution in [3.63, 3.8) is 0 Å². The van der Waals surface area contributed by atoms with E-state index in [-0.39, 0.29) is 159 Å². The summed E-state index contributed by atoms with van der Waals surface area (Å²) in [5.74, 6) is -4.91. The van der Waals surface area contributed by atoms with Gasteiger partial charge in [0.15, 0.2) is 0 Å². The topological polar surface area (TPSA) is 282 Å². The maximum Gasteiger partial charge on any atom is 1.00 e. The van der Waals surface area contributed by atoms with E-state index in [4.69, 9.17) is 20.4 Å². The van der Waals surface area contributed by atoms with Crippen LogP contribution in [-0.4, -0.2) is 115 Å². The van der Waals surface area contributed by atoms with Crippen LogP contribution < -0.4 is 118 Å². The third-order valence-electron chi connectivity index (χ3n) is 2.17. The number of carboxylic acids is 4. The smallest absolute Gasteiger partial charge is 1.00 e. The Hall–Kier alpha value is 1.64. The Morgan fingerprint density at radius 1 is 0.500 bits per heavy atom. The molecule has 0 heterocycles. The molecule has 0 aromatic rings. The van der Waals surface area contributed by atoms with Crippen molar-refractivity contribution in [2.24, 2.45) is 0 Å². The van der Waals surface area contributed by atoms with E-state index in [2.05, 4.69) is 0 Å². The second-order valence-corrected chi connectivity index (χ2v) is 4.00. The number of carboxylic acid groups (broad SMARTS) is 4. The molecule has 0 amide bonds. The van der Waals surface area contributed by atoms with Gasteiger partial charge in [-0.15, -0.1) is 0 Å². The Bertz CT molecular complexity index is 354. The fourth-order valence-corrected chi connectivity index (χ4v) is 1.48. The first-order chi connectivity index (χ1) is 9.20. The largest absolute Gasteiger partial charge is 1.00 e. The summed E-state index contributed by atoms with van der Waals surface area (Å²) in [7, 11) is 0. The average Bonchev–Trinajstić information content (AvgIpc) is 2.22. The molecule has 0 rings (SSSR count). The number of hydrogen-bond donors (Lipinski definition) is 4. The van der Waals surface area contributed by atoms with Crippen molar-refractivity contribution in [1.29, 1.82) is 0 Å². The predicted octanol–water partition coefficient (Wildman–Crippen LogP) is -16.9. The van der Waals surface area contributed by atoms with Gasteiger partial charge in [0.05, 0.1) is 26.2 Å². The molecule has 18 heteroatoms. The first-order valence-electron chi connectivity index (χ1n) is 5.52. The Balaban J connectivity index is -0.0000000273. The summed E-state index contributed by atoms with van der Waals surface area (Å²) < 4.78 is 0. The van der Waals surface area contributed by atoms with Crippen LogP contribution in [0.5, 0.6) is 0 Å². The number of aliphatic carboxylic acids is 4. The van der Waals surface area contributed by atoms with Gasteiger partial charge < -0.3 is 48.0 Å². The molecule has 0 saturated heterocycles. The van der Waals surface area contributed by atoms with Gasteiger partial charge in [-0.2, -0.15) is 0 Å². The zero-order valence-electron chi connectivity index (χ0n) is 20.6. The predicted molar refractivity (Wildman–Crippen MR) is 82.3 cm³/mol. The van der Waals surface area contributed by atoms with Crippen LogP contribution in [0, 0.1) is 0 Å². The second-order valence-electron chi connectivity index (χ2n) is 4.00. The number of rotatable bonds is 11. The zero-order chi connectivity index (χ0) is 15.7. The number of carbonyl (C=O) groups is 4. The molecule has 0 aliphatic rings. The van der Waals surface area contributed by atoms with E-state index in [1.807, 2.05) is 0 Å². The fraction of sp³-hybridized carbons (Fsp3) is 0.600. The molecular weight excluding hydrogens is 432 g/mol. The molecule has 0 bridgehead atoms.